The maximum absolute atomic E-state index is 10.7. The minimum Gasteiger partial charge on any atom is -0.459 e. The summed E-state index contributed by atoms with van der Waals surface area (Å²) in [6.45, 7) is 2.88. The van der Waals surface area contributed by atoms with Gasteiger partial charge in [-0.1, -0.05) is 5.92 Å². The molecule has 0 aliphatic carbocycles. The molecule has 0 N–H and O–H groups in total. The molecule has 0 radical (unpaired) electrons. The SMILES string of the molecule is CCn1ccnc1CC#CC(=O)OC. The Morgan fingerprint density at radius 2 is 2.50 bits per heavy atom. The number of ether oxygens (including phenoxy) is 1. The van der Waals surface area contributed by atoms with Crippen molar-refractivity contribution >= 4 is 5.97 Å². The van der Waals surface area contributed by atoms with E-state index in [1.54, 1.807) is 6.20 Å². The van der Waals surface area contributed by atoms with Crippen LogP contribution in [0, 0.1) is 11.8 Å². The number of carbonyl (C=O) groups excluding carboxylic acids is 1. The zero-order valence-electron chi connectivity index (χ0n) is 8.28. The molecule has 0 saturated heterocycles. The van der Waals surface area contributed by atoms with Gasteiger partial charge >= 0.3 is 5.97 Å². The van der Waals surface area contributed by atoms with E-state index in [2.05, 4.69) is 21.6 Å². The normalized spacial score (nSPS) is 9.00. The number of hydrogen-bond acceptors (Lipinski definition) is 3. The number of nitrogens with zero attached hydrogens (tertiary/aromatic N) is 2. The van der Waals surface area contributed by atoms with Gasteiger partial charge in [0, 0.05) is 24.9 Å². The summed E-state index contributed by atoms with van der Waals surface area (Å²) in [5.41, 5.74) is 0. The number of carbonyl (C=O) groups is 1. The third kappa shape index (κ3) is 2.63. The van der Waals surface area contributed by atoms with E-state index in [9.17, 15) is 4.79 Å². The molecule has 1 heterocycles. The van der Waals surface area contributed by atoms with Crippen molar-refractivity contribution in [2.24, 2.45) is 0 Å². The van der Waals surface area contributed by atoms with E-state index in [4.69, 9.17) is 0 Å². The van der Waals surface area contributed by atoms with Crippen LogP contribution in [0.25, 0.3) is 0 Å². The Balaban J connectivity index is 2.60. The summed E-state index contributed by atoms with van der Waals surface area (Å²) in [5, 5.41) is 0. The van der Waals surface area contributed by atoms with E-state index >= 15 is 0 Å². The maximum atomic E-state index is 10.7. The van der Waals surface area contributed by atoms with E-state index in [1.807, 2.05) is 17.7 Å². The molecular weight excluding hydrogens is 180 g/mol. The first-order valence-corrected chi connectivity index (χ1v) is 4.34. The van der Waals surface area contributed by atoms with Crippen LogP contribution in [0.4, 0.5) is 0 Å². The van der Waals surface area contributed by atoms with Crippen molar-refractivity contribution in [2.45, 2.75) is 19.9 Å². The van der Waals surface area contributed by atoms with E-state index < -0.39 is 5.97 Å². The lowest BCUT2D eigenvalue weighted by Gasteiger charge is -1.99. The van der Waals surface area contributed by atoms with Crippen LogP contribution in [0.2, 0.25) is 0 Å². The first-order valence-electron chi connectivity index (χ1n) is 4.34. The van der Waals surface area contributed by atoms with Crippen molar-refractivity contribution in [1.29, 1.82) is 0 Å². The molecule has 0 bridgehead atoms. The van der Waals surface area contributed by atoms with Crippen LogP contribution in [0.3, 0.4) is 0 Å². The molecule has 0 aliphatic heterocycles. The monoisotopic (exact) mass is 192 g/mol. The van der Waals surface area contributed by atoms with Gasteiger partial charge < -0.3 is 9.30 Å². The van der Waals surface area contributed by atoms with Gasteiger partial charge in [-0.25, -0.2) is 9.78 Å². The van der Waals surface area contributed by atoms with Gasteiger partial charge in [0.15, 0.2) is 0 Å². The van der Waals surface area contributed by atoms with Gasteiger partial charge in [-0.15, -0.1) is 0 Å². The number of imidazole rings is 1. The summed E-state index contributed by atoms with van der Waals surface area (Å²) in [4.78, 5) is 14.8. The van der Waals surface area contributed by atoms with Gasteiger partial charge in [-0.05, 0) is 6.92 Å². The number of rotatable bonds is 2. The van der Waals surface area contributed by atoms with E-state index in [0.29, 0.717) is 6.42 Å². The lowest BCUT2D eigenvalue weighted by atomic mass is 10.4. The highest BCUT2D eigenvalue weighted by molar-refractivity contribution is 5.88. The lowest BCUT2D eigenvalue weighted by Crippen LogP contribution is -2.00. The first-order chi connectivity index (χ1) is 6.77. The van der Waals surface area contributed by atoms with Crippen LogP contribution in [0.5, 0.6) is 0 Å². The van der Waals surface area contributed by atoms with Crippen LogP contribution < -0.4 is 0 Å². The van der Waals surface area contributed by atoms with E-state index in [-0.39, 0.29) is 0 Å². The van der Waals surface area contributed by atoms with Crippen LogP contribution >= 0.6 is 0 Å². The number of hydrogen-bond donors (Lipinski definition) is 0. The Bertz CT molecular complexity index is 371. The largest absolute Gasteiger partial charge is 0.459 e. The van der Waals surface area contributed by atoms with Gasteiger partial charge in [0.25, 0.3) is 0 Å². The zero-order chi connectivity index (χ0) is 10.4. The first kappa shape index (κ1) is 10.3. The summed E-state index contributed by atoms with van der Waals surface area (Å²) >= 11 is 0. The van der Waals surface area contributed by atoms with Crippen molar-refractivity contribution in [3.05, 3.63) is 18.2 Å². The molecule has 0 aromatic carbocycles. The number of esters is 1. The van der Waals surface area contributed by atoms with Crippen molar-refractivity contribution in [3.8, 4) is 11.8 Å². The van der Waals surface area contributed by atoms with Crippen molar-refractivity contribution < 1.29 is 9.53 Å². The average Bonchev–Trinajstić information content (AvgIpc) is 2.65. The number of aryl methyl sites for hydroxylation is 1. The highest BCUT2D eigenvalue weighted by atomic mass is 16.5. The molecule has 1 aromatic rings. The molecule has 0 atom stereocenters. The van der Waals surface area contributed by atoms with Crippen molar-refractivity contribution in [2.75, 3.05) is 7.11 Å². The quantitative estimate of drug-likeness (QED) is 0.392. The summed E-state index contributed by atoms with van der Waals surface area (Å²) in [6, 6.07) is 0. The Morgan fingerprint density at radius 1 is 1.71 bits per heavy atom. The van der Waals surface area contributed by atoms with Crippen LogP contribution in [-0.4, -0.2) is 22.6 Å². The molecule has 0 unspecified atom stereocenters. The van der Waals surface area contributed by atoms with Crippen LogP contribution in [-0.2, 0) is 22.5 Å². The van der Waals surface area contributed by atoms with Crippen LogP contribution in [0.1, 0.15) is 12.7 Å². The predicted octanol–water partition coefficient (Wildman–Crippen LogP) is 0.622. The Labute approximate surface area is 82.9 Å². The predicted molar refractivity (Wildman–Crippen MR) is 51.4 cm³/mol. The summed E-state index contributed by atoms with van der Waals surface area (Å²) < 4.78 is 6.36. The molecule has 0 fully saturated rings. The number of aromatic nitrogens is 2. The highest BCUT2D eigenvalue weighted by Crippen LogP contribution is 1.97. The molecule has 74 valence electrons. The Morgan fingerprint density at radius 3 is 3.14 bits per heavy atom. The molecule has 14 heavy (non-hydrogen) atoms. The molecule has 0 amide bonds. The zero-order valence-corrected chi connectivity index (χ0v) is 8.28. The van der Waals surface area contributed by atoms with Gasteiger partial charge in [0.2, 0.25) is 0 Å². The summed E-state index contributed by atoms with van der Waals surface area (Å²) in [7, 11) is 1.31. The van der Waals surface area contributed by atoms with Gasteiger partial charge in [0.1, 0.15) is 5.82 Å². The van der Waals surface area contributed by atoms with Crippen LogP contribution in [0.15, 0.2) is 12.4 Å². The Kier molecular flexibility index (Phi) is 3.74. The van der Waals surface area contributed by atoms with Gasteiger partial charge in [-0.2, -0.15) is 0 Å². The lowest BCUT2D eigenvalue weighted by molar-refractivity contribution is -0.133. The average molecular weight is 192 g/mol. The minimum absolute atomic E-state index is 0.468. The van der Waals surface area contributed by atoms with Gasteiger partial charge in [-0.3, -0.25) is 0 Å². The fraction of sp³-hybridized carbons (Fsp3) is 0.400. The van der Waals surface area contributed by atoms with Crippen molar-refractivity contribution in [3.63, 3.8) is 0 Å². The molecule has 4 nitrogen and oxygen atoms in total. The van der Waals surface area contributed by atoms with Gasteiger partial charge in [0.05, 0.1) is 13.5 Å². The molecule has 1 rings (SSSR count). The maximum Gasteiger partial charge on any atom is 0.384 e. The second-order valence-electron chi connectivity index (χ2n) is 2.60. The van der Waals surface area contributed by atoms with E-state index in [1.165, 1.54) is 7.11 Å². The topological polar surface area (TPSA) is 44.1 Å². The smallest absolute Gasteiger partial charge is 0.384 e. The summed E-state index contributed by atoms with van der Waals surface area (Å²) in [6.07, 6.45) is 4.07. The second kappa shape index (κ2) is 5.07. The standard InChI is InChI=1S/C10H12N2O2/c1-3-12-8-7-11-9(12)5-4-6-10(13)14-2/h7-8H,3,5H2,1-2H3. The summed E-state index contributed by atoms with van der Waals surface area (Å²) in [5.74, 6) is 5.41. The molecule has 0 saturated carbocycles. The molecular formula is C10H12N2O2. The molecule has 0 aliphatic rings. The molecule has 0 spiro atoms. The van der Waals surface area contributed by atoms with E-state index in [0.717, 1.165) is 12.4 Å². The highest BCUT2D eigenvalue weighted by Gasteiger charge is 1.97. The third-order valence-electron chi connectivity index (χ3n) is 1.76. The second-order valence-corrected chi connectivity index (χ2v) is 2.60. The molecule has 1 aromatic heterocycles. The number of methoxy groups -OCH3 is 1. The third-order valence-corrected chi connectivity index (χ3v) is 1.76. The van der Waals surface area contributed by atoms with Crippen molar-refractivity contribution in [1.82, 2.24) is 9.55 Å². The minimum atomic E-state index is -0.514. The molecule has 4 heteroatoms. The fourth-order valence-electron chi connectivity index (χ4n) is 1.04. The Hall–Kier alpha value is -1.76. The fourth-order valence-corrected chi connectivity index (χ4v) is 1.04.